The predicted molar refractivity (Wildman–Crippen MR) is 190 cm³/mol. The molecule has 2 atom stereocenters. The van der Waals surface area contributed by atoms with Gasteiger partial charge in [-0.3, -0.25) is 14.5 Å². The summed E-state index contributed by atoms with van der Waals surface area (Å²) in [6.07, 6.45) is 3.07. The number of carbonyl (C=O) groups is 3. The topological polar surface area (TPSA) is 229 Å². The van der Waals surface area contributed by atoms with Crippen LogP contribution in [0.25, 0.3) is 0 Å². The molecule has 4 aliphatic heterocycles. The lowest BCUT2D eigenvalue weighted by Gasteiger charge is -2.49. The number of fused-ring (bicyclic) bond motifs is 2. The number of carboxylic acid groups (broad SMARTS) is 1. The number of β-lactam (4-membered cyclic amide) rings is 1. The van der Waals surface area contributed by atoms with Gasteiger partial charge in [-0.25, -0.2) is 9.18 Å². The monoisotopic (exact) mass is 790 g/mol. The predicted octanol–water partition coefficient (Wildman–Crippen LogP) is 0.627. The van der Waals surface area contributed by atoms with E-state index in [0.29, 0.717) is 50.3 Å². The van der Waals surface area contributed by atoms with E-state index in [0.717, 1.165) is 17.4 Å². The van der Waals surface area contributed by atoms with E-state index in [1.165, 1.54) is 29.8 Å². The summed E-state index contributed by atoms with van der Waals surface area (Å²) in [5.74, 6) is -2.16. The largest absolute Gasteiger partial charge is 0.477 e. The van der Waals surface area contributed by atoms with Crippen LogP contribution in [0.1, 0.15) is 29.8 Å². The molecule has 0 saturated carbocycles. The minimum atomic E-state index is -1.27. The van der Waals surface area contributed by atoms with Gasteiger partial charge in [-0.15, -0.1) is 21.1 Å². The molecule has 18 nitrogen and oxygen atoms in total. The number of nitrogens with two attached hydrogens (primary N) is 2. The van der Waals surface area contributed by atoms with Gasteiger partial charge in [0.2, 0.25) is 11.5 Å². The first-order chi connectivity index (χ1) is 25.5. The van der Waals surface area contributed by atoms with Gasteiger partial charge < -0.3 is 41.2 Å². The number of nitrogen functional groups attached to an aromatic ring is 1. The van der Waals surface area contributed by atoms with Crippen molar-refractivity contribution in [1.82, 2.24) is 24.3 Å². The van der Waals surface area contributed by atoms with Crippen LogP contribution in [0.4, 0.5) is 15.3 Å². The third-order valence-corrected chi connectivity index (χ3v) is 11.3. The van der Waals surface area contributed by atoms with Crippen LogP contribution in [0, 0.1) is 5.82 Å². The van der Waals surface area contributed by atoms with Crippen molar-refractivity contribution in [3.8, 4) is 0 Å². The number of amidine groups is 1. The van der Waals surface area contributed by atoms with Gasteiger partial charge in [-0.2, -0.15) is 9.36 Å². The van der Waals surface area contributed by atoms with Crippen LogP contribution in [0.15, 0.2) is 46.0 Å². The molecule has 6 heterocycles. The third-order valence-electron chi connectivity index (χ3n) is 9.07. The number of anilines is 2. The second-order valence-electron chi connectivity index (χ2n) is 12.3. The second kappa shape index (κ2) is 15.2. The molecule has 0 bridgehead atoms. The molecule has 2 saturated heterocycles. The first kappa shape index (κ1) is 36.4. The van der Waals surface area contributed by atoms with Crippen LogP contribution in [0.5, 0.6) is 0 Å². The Balaban J connectivity index is 1.03. The molecule has 7 rings (SSSR count). The number of carbonyl (C=O) groups excluding carboxylic acids is 2. The molecule has 22 heteroatoms. The summed E-state index contributed by atoms with van der Waals surface area (Å²) in [6, 6.07) is 3.68. The molecule has 3 aromatic rings. The third kappa shape index (κ3) is 7.20. The maximum Gasteiger partial charge on any atom is 0.352 e. The van der Waals surface area contributed by atoms with E-state index in [1.807, 2.05) is 20.3 Å². The minimum Gasteiger partial charge on any atom is -0.477 e. The molecule has 53 heavy (non-hydrogen) atoms. The summed E-state index contributed by atoms with van der Waals surface area (Å²) in [5, 5.41) is 20.2. The highest BCUT2D eigenvalue weighted by Gasteiger charge is 2.55. The molecule has 2 fully saturated rings. The number of oxime groups is 2. The zero-order chi connectivity index (χ0) is 37.4. The van der Waals surface area contributed by atoms with Crippen LogP contribution in [-0.4, -0.2) is 104 Å². The van der Waals surface area contributed by atoms with Crippen molar-refractivity contribution in [1.29, 1.82) is 0 Å². The first-order valence-corrected chi connectivity index (χ1v) is 18.5. The van der Waals surface area contributed by atoms with Crippen molar-refractivity contribution in [3.05, 3.63) is 63.5 Å². The van der Waals surface area contributed by atoms with Gasteiger partial charge in [0.25, 0.3) is 11.8 Å². The summed E-state index contributed by atoms with van der Waals surface area (Å²) >= 11 is 8.75. The smallest absolute Gasteiger partial charge is 0.352 e. The van der Waals surface area contributed by atoms with E-state index in [-0.39, 0.29) is 63.7 Å². The Hall–Kier alpha value is -4.99. The summed E-state index contributed by atoms with van der Waals surface area (Å²) in [5.41, 5.74) is 12.4. The molecule has 0 radical (unpaired) electrons. The summed E-state index contributed by atoms with van der Waals surface area (Å²) < 4.78 is 28.6. The number of halogens is 2. The number of benzene rings is 1. The Morgan fingerprint density at radius 3 is 2.75 bits per heavy atom. The highest BCUT2D eigenvalue weighted by atomic mass is 35.5. The molecule has 0 unspecified atom stereocenters. The molecular formula is C31H34ClFN11O7S2+. The summed E-state index contributed by atoms with van der Waals surface area (Å²) in [6.45, 7) is 2.59. The van der Waals surface area contributed by atoms with Crippen molar-refractivity contribution in [2.45, 2.75) is 50.0 Å². The normalized spacial score (nSPS) is 20.6. The zero-order valence-corrected chi connectivity index (χ0v) is 30.5. The number of hydrogen-bond acceptors (Lipinski definition) is 14. The Bertz CT molecular complexity index is 2030. The maximum absolute atomic E-state index is 15.5. The molecule has 2 amide bonds. The molecular weight excluding hydrogens is 757 g/mol. The van der Waals surface area contributed by atoms with E-state index >= 15 is 4.39 Å². The summed E-state index contributed by atoms with van der Waals surface area (Å²) in [7, 11) is 1.24. The number of thioether (sulfide) groups is 1. The lowest BCUT2D eigenvalue weighted by molar-refractivity contribution is -0.766. The van der Waals surface area contributed by atoms with Gasteiger partial charge in [0.15, 0.2) is 29.5 Å². The number of hydrogen-bond donors (Lipinski definition) is 4. The first-order valence-electron chi connectivity index (χ1n) is 16.3. The molecule has 0 aliphatic carbocycles. The van der Waals surface area contributed by atoms with Gasteiger partial charge in [0.1, 0.15) is 36.1 Å². The van der Waals surface area contributed by atoms with Crippen LogP contribution in [0.2, 0.25) is 5.02 Å². The van der Waals surface area contributed by atoms with E-state index in [9.17, 15) is 19.5 Å². The number of aromatic nitrogens is 4. The average Bonchev–Trinajstić information content (AvgIpc) is 3.87. The van der Waals surface area contributed by atoms with Gasteiger partial charge in [-0.1, -0.05) is 21.9 Å². The van der Waals surface area contributed by atoms with Crippen molar-refractivity contribution in [2.75, 3.05) is 43.3 Å². The van der Waals surface area contributed by atoms with E-state index in [2.05, 4.69) is 25.0 Å². The molecule has 1 aromatic carbocycles. The molecule has 280 valence electrons. The number of ether oxygens (including phenoxy) is 1. The quantitative estimate of drug-likeness (QED) is 0.0650. The second-order valence-corrected chi connectivity index (χ2v) is 14.6. The van der Waals surface area contributed by atoms with Gasteiger partial charge in [-0.05, 0) is 12.1 Å². The van der Waals surface area contributed by atoms with Crippen LogP contribution in [0.3, 0.4) is 0 Å². The van der Waals surface area contributed by atoms with Gasteiger partial charge in [0.05, 0.1) is 25.8 Å². The number of rotatable bonds is 12. The van der Waals surface area contributed by atoms with Crippen molar-refractivity contribution in [2.24, 2.45) is 16.0 Å². The van der Waals surface area contributed by atoms with E-state index in [4.69, 9.17) is 37.5 Å². The van der Waals surface area contributed by atoms with Crippen molar-refractivity contribution < 1.29 is 43.0 Å². The van der Waals surface area contributed by atoms with Crippen molar-refractivity contribution in [3.63, 3.8) is 0 Å². The SMILES string of the molecule is CO/N=C(\C(=O)N[C@@H]1C(=O)N2C(C(=O)O)=C(C[n+]3ccc4n3CCN4Cc3c(F)cc(/C(N)=N/OC4CCOCC4)cc3Cl)CS[C@H]12)c1nsc(N)n1. The standard InChI is InChI=1S/C31H33ClFN11O7S2/c1-49-38-22(26-37-31(35)53-40-26)27(45)36-23-28(46)44-24(30(47)48)16(14-52-29(23)44)12-42-5-2-21-41(6-7-43(21)42)13-18-19(32)10-15(11-20(18)33)25(34)39-51-17-3-8-50-9-4-17/h2,5,10-11,17,23,29H,3-4,6-9,12-14H2,1H3,(H5-,34,35,36,37,39,40,45,47,48)/p+1/b38-22-/t23-,29-/m1/s1. The molecule has 6 N–H and O–H groups in total. The van der Waals surface area contributed by atoms with E-state index < -0.39 is 35.0 Å². The fourth-order valence-corrected chi connectivity index (χ4v) is 8.50. The van der Waals surface area contributed by atoms with Crippen LogP contribution in [-0.2, 0) is 48.4 Å². The Labute approximate surface area is 314 Å². The minimum absolute atomic E-state index is 0.0169. The fraction of sp³-hybridized carbons (Fsp3) is 0.419. The zero-order valence-electron chi connectivity index (χ0n) is 28.1. The van der Waals surface area contributed by atoms with Crippen molar-refractivity contribution >= 4 is 75.2 Å². The molecule has 4 aliphatic rings. The lowest BCUT2D eigenvalue weighted by atomic mass is 10.0. The average molecular weight is 791 g/mol. The van der Waals surface area contributed by atoms with E-state index in [1.54, 1.807) is 12.3 Å². The Kier molecular flexibility index (Phi) is 10.4. The fourth-order valence-electron chi connectivity index (χ4n) is 6.47. The number of nitrogens with zero attached hydrogens (tertiary/aromatic N) is 8. The molecule has 0 spiro atoms. The highest BCUT2D eigenvalue weighted by molar-refractivity contribution is 8.00. The number of amides is 2. The van der Waals surface area contributed by atoms with Crippen LogP contribution < -0.4 is 26.4 Å². The van der Waals surface area contributed by atoms with Gasteiger partial charge >= 0.3 is 5.97 Å². The van der Waals surface area contributed by atoms with Crippen LogP contribution >= 0.6 is 34.9 Å². The van der Waals surface area contributed by atoms with Gasteiger partial charge in [0, 0.05) is 64.9 Å². The number of carboxylic acids is 1. The molecule has 2 aromatic heterocycles. The Morgan fingerprint density at radius 2 is 2.06 bits per heavy atom. The lowest BCUT2D eigenvalue weighted by Crippen LogP contribution is -2.71. The maximum atomic E-state index is 15.5. The Morgan fingerprint density at radius 1 is 1.26 bits per heavy atom. The number of aliphatic carboxylic acids is 1. The summed E-state index contributed by atoms with van der Waals surface area (Å²) in [4.78, 5) is 56.3. The highest BCUT2D eigenvalue weighted by Crippen LogP contribution is 2.40. The number of nitrogens with one attached hydrogen (secondary N) is 1.